The third-order valence-corrected chi connectivity index (χ3v) is 4.71. The van der Waals surface area contributed by atoms with Gasteiger partial charge >= 0.3 is 0 Å². The van der Waals surface area contributed by atoms with Gasteiger partial charge < -0.3 is 5.32 Å². The number of halogens is 1. The fourth-order valence-electron chi connectivity index (χ4n) is 2.90. The van der Waals surface area contributed by atoms with Gasteiger partial charge in [-0.3, -0.25) is 19.3 Å². The van der Waals surface area contributed by atoms with Crippen LogP contribution in [0.3, 0.4) is 0 Å². The number of carbonyl (C=O) groups is 3. The van der Waals surface area contributed by atoms with Crippen molar-refractivity contribution in [2.75, 3.05) is 11.9 Å². The van der Waals surface area contributed by atoms with Crippen molar-refractivity contribution in [1.29, 1.82) is 0 Å². The minimum Gasteiger partial charge on any atom is -0.322 e. The lowest BCUT2D eigenvalue weighted by Gasteiger charge is -2.15. The number of nitrogens with zero attached hydrogens (tertiary/aromatic N) is 1. The van der Waals surface area contributed by atoms with Crippen LogP contribution in [0.25, 0.3) is 0 Å². The largest absolute Gasteiger partial charge is 0.322 e. The summed E-state index contributed by atoms with van der Waals surface area (Å²) in [5, 5.41) is 3.35. The van der Waals surface area contributed by atoms with Gasteiger partial charge in [-0.15, -0.1) is 0 Å². The molecule has 1 N–H and O–H groups in total. The third-order valence-electron chi connectivity index (χ3n) is 4.30. The molecule has 5 nitrogen and oxygen atoms in total. The van der Waals surface area contributed by atoms with Crippen molar-refractivity contribution in [3.05, 3.63) is 63.7 Å². The summed E-state index contributed by atoms with van der Waals surface area (Å²) in [5.74, 6) is -0.852. The predicted molar refractivity (Wildman–Crippen MR) is 101 cm³/mol. The molecule has 1 aliphatic rings. The van der Waals surface area contributed by atoms with Crippen molar-refractivity contribution in [1.82, 2.24) is 4.90 Å². The Balaban J connectivity index is 1.87. The second-order valence-electron chi connectivity index (χ2n) is 6.74. The number of imide groups is 1. The molecule has 0 atom stereocenters. The molecule has 26 heavy (non-hydrogen) atoms. The van der Waals surface area contributed by atoms with E-state index >= 15 is 0 Å². The van der Waals surface area contributed by atoms with Gasteiger partial charge in [0.2, 0.25) is 0 Å². The van der Waals surface area contributed by atoms with Gasteiger partial charge in [-0.2, -0.15) is 0 Å². The Morgan fingerprint density at radius 3 is 2.50 bits per heavy atom. The number of rotatable bonds is 4. The third kappa shape index (κ3) is 3.22. The Labute approximate surface area is 156 Å². The maximum Gasteiger partial charge on any atom is 0.261 e. The van der Waals surface area contributed by atoms with E-state index in [1.807, 2.05) is 20.8 Å². The van der Waals surface area contributed by atoms with Gasteiger partial charge in [0.25, 0.3) is 17.7 Å². The number of hydrogen-bond acceptors (Lipinski definition) is 3. The zero-order chi connectivity index (χ0) is 19.0. The van der Waals surface area contributed by atoms with E-state index in [1.54, 1.807) is 24.3 Å². The van der Waals surface area contributed by atoms with Crippen LogP contribution in [0.5, 0.6) is 0 Å². The molecule has 0 aromatic heterocycles. The number of carbonyl (C=O) groups excluding carboxylic acids is 3. The predicted octanol–water partition coefficient (Wildman–Crippen LogP) is 4.15. The lowest BCUT2D eigenvalue weighted by atomic mass is 10.0. The molecule has 0 aliphatic carbocycles. The molecule has 0 saturated carbocycles. The van der Waals surface area contributed by atoms with Gasteiger partial charge in [0.15, 0.2) is 0 Å². The van der Waals surface area contributed by atoms with Gasteiger partial charge in [0, 0.05) is 22.8 Å². The van der Waals surface area contributed by atoms with E-state index in [4.69, 9.17) is 11.6 Å². The van der Waals surface area contributed by atoms with Crippen LogP contribution < -0.4 is 5.32 Å². The van der Waals surface area contributed by atoms with Crippen molar-refractivity contribution in [3.8, 4) is 0 Å². The van der Waals surface area contributed by atoms with Crippen LogP contribution in [0.4, 0.5) is 5.69 Å². The summed E-state index contributed by atoms with van der Waals surface area (Å²) >= 11 is 6.07. The smallest absolute Gasteiger partial charge is 0.261 e. The van der Waals surface area contributed by atoms with Crippen molar-refractivity contribution >= 4 is 35.0 Å². The molecule has 1 heterocycles. The van der Waals surface area contributed by atoms with E-state index in [0.29, 0.717) is 28.4 Å². The SMILES string of the molecule is Cc1c(Cl)cccc1NC(=O)c1ccc2c(c1)C(=O)N(CC(C)C)C2=O. The first-order chi connectivity index (χ1) is 12.3. The van der Waals surface area contributed by atoms with Crippen LogP contribution in [0.15, 0.2) is 36.4 Å². The standard InChI is InChI=1S/C20H19ClN2O3/c1-11(2)10-23-19(25)14-8-7-13(9-15(14)20(23)26)18(24)22-17-6-4-5-16(21)12(17)3/h4-9,11H,10H2,1-3H3,(H,22,24). The van der Waals surface area contributed by atoms with E-state index in [1.165, 1.54) is 17.0 Å². The zero-order valence-electron chi connectivity index (χ0n) is 14.8. The molecule has 2 aromatic carbocycles. The summed E-state index contributed by atoms with van der Waals surface area (Å²) < 4.78 is 0. The average Bonchev–Trinajstić information content (AvgIpc) is 2.83. The van der Waals surface area contributed by atoms with Gasteiger partial charge in [-0.05, 0) is 48.7 Å². The van der Waals surface area contributed by atoms with Crippen molar-refractivity contribution in [2.45, 2.75) is 20.8 Å². The number of hydrogen-bond donors (Lipinski definition) is 1. The quantitative estimate of drug-likeness (QED) is 0.822. The molecule has 134 valence electrons. The van der Waals surface area contributed by atoms with Crippen LogP contribution in [0.2, 0.25) is 5.02 Å². The fraction of sp³-hybridized carbons (Fsp3) is 0.250. The lowest BCUT2D eigenvalue weighted by Crippen LogP contribution is -2.33. The Morgan fingerprint density at radius 2 is 1.81 bits per heavy atom. The van der Waals surface area contributed by atoms with Crippen LogP contribution >= 0.6 is 11.6 Å². The number of amides is 3. The molecule has 2 aromatic rings. The molecule has 1 aliphatic heterocycles. The molecular formula is C20H19ClN2O3. The highest BCUT2D eigenvalue weighted by Crippen LogP contribution is 2.26. The molecule has 0 radical (unpaired) electrons. The van der Waals surface area contributed by atoms with Crippen molar-refractivity contribution in [2.24, 2.45) is 5.92 Å². The average molecular weight is 371 g/mol. The second-order valence-corrected chi connectivity index (χ2v) is 7.15. The molecule has 0 unspecified atom stereocenters. The Hall–Kier alpha value is -2.66. The molecule has 3 amide bonds. The van der Waals surface area contributed by atoms with E-state index in [0.717, 1.165) is 5.56 Å². The van der Waals surface area contributed by atoms with E-state index in [2.05, 4.69) is 5.32 Å². The molecule has 0 saturated heterocycles. The molecule has 0 bridgehead atoms. The Bertz CT molecular complexity index is 921. The molecule has 3 rings (SSSR count). The first-order valence-electron chi connectivity index (χ1n) is 8.36. The summed E-state index contributed by atoms with van der Waals surface area (Å²) in [6.45, 7) is 6.05. The highest BCUT2D eigenvalue weighted by atomic mass is 35.5. The number of benzene rings is 2. The van der Waals surface area contributed by atoms with Crippen LogP contribution in [0, 0.1) is 12.8 Å². The van der Waals surface area contributed by atoms with Gasteiger partial charge in [-0.25, -0.2) is 0 Å². The van der Waals surface area contributed by atoms with Crippen molar-refractivity contribution in [3.63, 3.8) is 0 Å². The molecule has 0 fully saturated rings. The minimum atomic E-state index is -0.360. The summed E-state index contributed by atoms with van der Waals surface area (Å²) in [6, 6.07) is 9.82. The highest BCUT2D eigenvalue weighted by molar-refractivity contribution is 6.31. The van der Waals surface area contributed by atoms with Crippen molar-refractivity contribution < 1.29 is 14.4 Å². The maximum atomic E-state index is 12.6. The van der Waals surface area contributed by atoms with Crippen LogP contribution in [-0.4, -0.2) is 29.2 Å². The Morgan fingerprint density at radius 1 is 1.12 bits per heavy atom. The van der Waals surface area contributed by atoms with Crippen LogP contribution in [-0.2, 0) is 0 Å². The number of anilines is 1. The van der Waals surface area contributed by atoms with Crippen LogP contribution in [0.1, 0.15) is 50.5 Å². The first-order valence-corrected chi connectivity index (χ1v) is 8.74. The normalized spacial score (nSPS) is 13.3. The lowest BCUT2D eigenvalue weighted by molar-refractivity contribution is 0.0636. The van der Waals surface area contributed by atoms with E-state index in [9.17, 15) is 14.4 Å². The van der Waals surface area contributed by atoms with E-state index < -0.39 is 0 Å². The molecule has 0 spiro atoms. The van der Waals surface area contributed by atoms with Gasteiger partial charge in [0.1, 0.15) is 0 Å². The zero-order valence-corrected chi connectivity index (χ0v) is 15.6. The fourth-order valence-corrected chi connectivity index (χ4v) is 3.07. The summed E-state index contributed by atoms with van der Waals surface area (Å²) in [7, 11) is 0. The molecule has 6 heteroatoms. The number of nitrogens with one attached hydrogen (secondary N) is 1. The van der Waals surface area contributed by atoms with Gasteiger partial charge in [0.05, 0.1) is 11.1 Å². The van der Waals surface area contributed by atoms with Gasteiger partial charge in [-0.1, -0.05) is 31.5 Å². The second kappa shape index (κ2) is 6.92. The highest BCUT2D eigenvalue weighted by Gasteiger charge is 2.36. The summed E-state index contributed by atoms with van der Waals surface area (Å²) in [6.07, 6.45) is 0. The first kappa shape index (κ1) is 18.1. The molecular weight excluding hydrogens is 352 g/mol. The Kier molecular flexibility index (Phi) is 4.83. The topological polar surface area (TPSA) is 66.5 Å². The number of fused-ring (bicyclic) bond motifs is 1. The summed E-state index contributed by atoms with van der Waals surface area (Å²) in [5.41, 5.74) is 2.29. The maximum absolute atomic E-state index is 12.6. The monoisotopic (exact) mass is 370 g/mol. The minimum absolute atomic E-state index is 0.172. The van der Waals surface area contributed by atoms with E-state index in [-0.39, 0.29) is 29.2 Å². The summed E-state index contributed by atoms with van der Waals surface area (Å²) in [4.78, 5) is 38.7.